The van der Waals surface area contributed by atoms with E-state index >= 15 is 0 Å². The van der Waals surface area contributed by atoms with Gasteiger partial charge in [-0.25, -0.2) is 4.85 Å². The monoisotopic (exact) mass is 534 g/mol. The van der Waals surface area contributed by atoms with Gasteiger partial charge in [0.25, 0.3) is 0 Å². The van der Waals surface area contributed by atoms with Crippen molar-refractivity contribution in [1.29, 1.82) is 0 Å². The zero-order valence-corrected chi connectivity index (χ0v) is 21.9. The number of halogens is 1. The molecule has 1 aliphatic rings. The van der Waals surface area contributed by atoms with Gasteiger partial charge < -0.3 is 25.6 Å². The van der Waals surface area contributed by atoms with E-state index in [0.29, 0.717) is 48.2 Å². The lowest BCUT2D eigenvalue weighted by molar-refractivity contribution is 0.0103. The number of carbonyl (C=O) groups excluding carboxylic acids is 1. The molecular formula is C29H31ClN4O4. The van der Waals surface area contributed by atoms with Gasteiger partial charge in [0.2, 0.25) is 5.91 Å². The molecule has 0 spiro atoms. The first-order chi connectivity index (χ1) is 18.2. The van der Waals surface area contributed by atoms with Crippen molar-refractivity contribution in [3.8, 4) is 5.75 Å². The van der Waals surface area contributed by atoms with Crippen molar-refractivity contribution in [2.75, 3.05) is 44.3 Å². The zero-order valence-electron chi connectivity index (χ0n) is 21.2. The second-order valence-corrected chi connectivity index (χ2v) is 9.96. The molecule has 0 aromatic heterocycles. The highest BCUT2D eigenvalue weighted by Crippen LogP contribution is 2.38. The molecule has 8 nitrogen and oxygen atoms in total. The fourth-order valence-electron chi connectivity index (χ4n) is 4.82. The molecular weight excluding hydrogens is 504 g/mol. The maximum atomic E-state index is 11.6. The van der Waals surface area contributed by atoms with Gasteiger partial charge in [-0.1, -0.05) is 48.0 Å². The molecule has 4 N–H and O–H groups in total. The van der Waals surface area contributed by atoms with Crippen LogP contribution in [0.4, 0.5) is 11.4 Å². The number of amides is 1. The van der Waals surface area contributed by atoms with Crippen LogP contribution in [0, 0.1) is 6.57 Å². The number of ether oxygens (including phenoxy) is 1. The van der Waals surface area contributed by atoms with Crippen LogP contribution in [-0.4, -0.2) is 60.4 Å². The number of carbonyl (C=O) groups is 1. The van der Waals surface area contributed by atoms with Crippen molar-refractivity contribution >= 4 is 28.9 Å². The molecule has 2 atom stereocenters. The summed E-state index contributed by atoms with van der Waals surface area (Å²) < 4.78 is 5.50. The quantitative estimate of drug-likeness (QED) is 0.357. The van der Waals surface area contributed by atoms with E-state index < -0.39 is 11.5 Å². The standard InChI is InChI=1S/C29H31ClN4O4/c1-29(37,22-7-9-23(32-2)10-8-22)19-33-13-14-34(26-12-11-24(17-25(26)30)38-16-15-35)27(18-33)20-3-5-21(6-4-20)28(31)36/h3-12,17,27,35,37H,13-16,18-19H2,1H3,(H2,31,36)/t27-,29+/m0/s1. The number of nitrogens with zero attached hydrogens (tertiary/aromatic N) is 3. The van der Waals surface area contributed by atoms with Crippen LogP contribution in [0.25, 0.3) is 4.85 Å². The summed E-state index contributed by atoms with van der Waals surface area (Å²) in [5, 5.41) is 20.9. The summed E-state index contributed by atoms with van der Waals surface area (Å²) in [7, 11) is 0. The van der Waals surface area contributed by atoms with Crippen molar-refractivity contribution in [1.82, 2.24) is 4.90 Å². The molecule has 0 saturated carbocycles. The van der Waals surface area contributed by atoms with Crippen LogP contribution >= 0.6 is 11.6 Å². The first kappa shape index (κ1) is 27.4. The smallest absolute Gasteiger partial charge is 0.248 e. The van der Waals surface area contributed by atoms with E-state index in [9.17, 15) is 9.90 Å². The van der Waals surface area contributed by atoms with E-state index in [4.69, 9.17) is 33.8 Å². The Morgan fingerprint density at radius 3 is 2.47 bits per heavy atom. The van der Waals surface area contributed by atoms with Crippen molar-refractivity contribution in [3.05, 3.63) is 99.9 Å². The van der Waals surface area contributed by atoms with Crippen molar-refractivity contribution in [3.63, 3.8) is 0 Å². The van der Waals surface area contributed by atoms with Crippen molar-refractivity contribution < 1.29 is 19.7 Å². The van der Waals surface area contributed by atoms with E-state index in [1.807, 2.05) is 24.3 Å². The minimum Gasteiger partial charge on any atom is -0.491 e. The topological polar surface area (TPSA) is 104 Å². The Kier molecular flexibility index (Phi) is 8.55. The molecule has 1 amide bonds. The first-order valence-corrected chi connectivity index (χ1v) is 12.7. The van der Waals surface area contributed by atoms with Crippen LogP contribution < -0.4 is 15.4 Å². The summed E-state index contributed by atoms with van der Waals surface area (Å²) in [6, 6.07) is 19.6. The SMILES string of the molecule is [C-]#[N+]c1ccc([C@](C)(O)CN2CCN(c3ccc(OCCO)cc3Cl)[C@H](c3ccc(C(N)=O)cc3)C2)cc1. The molecule has 3 aromatic rings. The minimum atomic E-state index is -1.12. The van der Waals surface area contributed by atoms with Crippen LogP contribution in [0.5, 0.6) is 5.75 Å². The Morgan fingerprint density at radius 1 is 1.16 bits per heavy atom. The number of anilines is 1. The molecule has 1 saturated heterocycles. The lowest BCUT2D eigenvalue weighted by Gasteiger charge is -2.45. The molecule has 3 aromatic carbocycles. The van der Waals surface area contributed by atoms with Gasteiger partial charge in [0, 0.05) is 37.8 Å². The number of β-amino-alcohol motifs (C(OH)–C–C–N with tert-alkyl or cyclic N) is 1. The number of nitrogens with two attached hydrogens (primary N) is 1. The number of hydrogen-bond donors (Lipinski definition) is 3. The predicted octanol–water partition coefficient (Wildman–Crippen LogP) is 4.13. The maximum Gasteiger partial charge on any atom is 0.248 e. The summed E-state index contributed by atoms with van der Waals surface area (Å²) in [4.78, 5) is 19.5. The Morgan fingerprint density at radius 2 is 1.87 bits per heavy atom. The number of hydrogen-bond acceptors (Lipinski definition) is 6. The lowest BCUT2D eigenvalue weighted by atomic mass is 9.93. The zero-order chi connectivity index (χ0) is 27.3. The lowest BCUT2D eigenvalue weighted by Crippen LogP contribution is -2.52. The Balaban J connectivity index is 1.61. The highest BCUT2D eigenvalue weighted by molar-refractivity contribution is 6.33. The second kappa shape index (κ2) is 11.8. The van der Waals surface area contributed by atoms with E-state index in [1.165, 1.54) is 0 Å². The molecule has 1 heterocycles. The van der Waals surface area contributed by atoms with Gasteiger partial charge in [0.1, 0.15) is 12.4 Å². The van der Waals surface area contributed by atoms with E-state index in [1.54, 1.807) is 49.4 Å². The van der Waals surface area contributed by atoms with Crippen LogP contribution in [0.15, 0.2) is 66.7 Å². The van der Waals surface area contributed by atoms with Gasteiger partial charge in [-0.2, -0.15) is 0 Å². The first-order valence-electron chi connectivity index (χ1n) is 12.3. The number of rotatable bonds is 9. The Labute approximate surface area is 227 Å². The summed E-state index contributed by atoms with van der Waals surface area (Å²) >= 11 is 6.69. The molecule has 0 radical (unpaired) electrons. The Hall–Kier alpha value is -3.61. The normalized spacial score (nSPS) is 17.4. The van der Waals surface area contributed by atoms with Gasteiger partial charge in [-0.15, -0.1) is 0 Å². The van der Waals surface area contributed by atoms with Gasteiger partial charge in [-0.3, -0.25) is 9.69 Å². The van der Waals surface area contributed by atoms with Crippen molar-refractivity contribution in [2.24, 2.45) is 5.73 Å². The van der Waals surface area contributed by atoms with Crippen molar-refractivity contribution in [2.45, 2.75) is 18.6 Å². The van der Waals surface area contributed by atoms with Crippen LogP contribution in [0.3, 0.4) is 0 Å². The largest absolute Gasteiger partial charge is 0.491 e. The Bertz CT molecular complexity index is 1310. The van der Waals surface area contributed by atoms with Gasteiger partial charge in [0.05, 0.1) is 35.5 Å². The summed E-state index contributed by atoms with van der Waals surface area (Å²) in [5.74, 6) is 0.0922. The van der Waals surface area contributed by atoms with Crippen LogP contribution in [0.1, 0.15) is 34.5 Å². The van der Waals surface area contributed by atoms with E-state index in [2.05, 4.69) is 14.6 Å². The third kappa shape index (κ3) is 6.26. The summed E-state index contributed by atoms with van der Waals surface area (Å²) in [6.45, 7) is 11.4. The molecule has 0 aliphatic carbocycles. The fourth-order valence-corrected chi connectivity index (χ4v) is 5.10. The van der Waals surface area contributed by atoms with Crippen LogP contribution in [0.2, 0.25) is 5.02 Å². The number of aliphatic hydroxyl groups is 2. The molecule has 1 aliphatic heterocycles. The molecule has 4 rings (SSSR count). The number of aliphatic hydroxyl groups excluding tert-OH is 1. The second-order valence-electron chi connectivity index (χ2n) is 9.55. The third-order valence-corrected chi connectivity index (χ3v) is 7.09. The van der Waals surface area contributed by atoms with Gasteiger partial charge >= 0.3 is 0 Å². The minimum absolute atomic E-state index is 0.0851. The van der Waals surface area contributed by atoms with E-state index in [-0.39, 0.29) is 19.3 Å². The number of benzene rings is 3. The predicted molar refractivity (Wildman–Crippen MR) is 148 cm³/mol. The molecule has 0 bridgehead atoms. The average Bonchev–Trinajstić information content (AvgIpc) is 2.92. The van der Waals surface area contributed by atoms with Crippen LogP contribution in [-0.2, 0) is 5.60 Å². The molecule has 38 heavy (non-hydrogen) atoms. The molecule has 1 fully saturated rings. The number of piperazine rings is 1. The highest BCUT2D eigenvalue weighted by atomic mass is 35.5. The third-order valence-electron chi connectivity index (χ3n) is 6.78. The molecule has 198 valence electrons. The number of primary amides is 1. The van der Waals surface area contributed by atoms with Gasteiger partial charge in [0.15, 0.2) is 5.69 Å². The highest BCUT2D eigenvalue weighted by Gasteiger charge is 2.34. The summed E-state index contributed by atoms with van der Waals surface area (Å²) in [6.07, 6.45) is 0. The molecule has 0 unspecified atom stereocenters. The van der Waals surface area contributed by atoms with E-state index in [0.717, 1.165) is 16.8 Å². The fraction of sp³-hybridized carbons (Fsp3) is 0.310. The van der Waals surface area contributed by atoms with Gasteiger partial charge in [-0.05, 0) is 42.3 Å². The molecule has 9 heteroatoms. The average molecular weight is 535 g/mol. The maximum absolute atomic E-state index is 11.6. The summed E-state index contributed by atoms with van der Waals surface area (Å²) in [5.41, 5.74) is 7.86.